The number of amides is 2. The third kappa shape index (κ3) is 6.64. The first-order chi connectivity index (χ1) is 15.6. The fourth-order valence-electron chi connectivity index (χ4n) is 2.40. The molecule has 3 rings (SSSR count). The molecule has 2 N–H and O–H groups in total. The minimum atomic E-state index is -4.65. The quantitative estimate of drug-likeness (QED) is 0.176. The van der Waals surface area contributed by atoms with Crippen LogP contribution in [0.15, 0.2) is 65.1 Å². The molecule has 0 bridgehead atoms. The molecule has 0 atom stereocenters. The van der Waals surface area contributed by atoms with Crippen molar-refractivity contribution >= 4 is 52.6 Å². The molecule has 12 heteroatoms. The van der Waals surface area contributed by atoms with Crippen LogP contribution < -0.4 is 15.5 Å². The van der Waals surface area contributed by atoms with E-state index in [0.717, 1.165) is 12.1 Å². The second-order valence-corrected chi connectivity index (χ2v) is 7.64. The van der Waals surface area contributed by atoms with Crippen molar-refractivity contribution in [2.75, 3.05) is 5.32 Å². The van der Waals surface area contributed by atoms with Gasteiger partial charge in [-0.3, -0.25) is 9.59 Å². The molecule has 3 aromatic rings. The highest BCUT2D eigenvalue weighted by Crippen LogP contribution is 2.33. The first kappa shape index (κ1) is 24.0. The van der Waals surface area contributed by atoms with Crippen molar-refractivity contribution in [2.45, 2.75) is 6.18 Å². The number of alkyl halides is 3. The van der Waals surface area contributed by atoms with E-state index in [4.69, 9.17) is 16.3 Å². The van der Waals surface area contributed by atoms with Crippen LogP contribution in [0.1, 0.15) is 20.8 Å². The zero-order valence-corrected chi connectivity index (χ0v) is 17.9. The van der Waals surface area contributed by atoms with Crippen LogP contribution in [0.5, 0.6) is 5.75 Å². The number of halogens is 4. The molecule has 0 saturated heterocycles. The Labute approximate surface area is 193 Å². The molecule has 33 heavy (non-hydrogen) atoms. The minimum absolute atomic E-state index is 0.179. The maximum absolute atomic E-state index is 12.8. The van der Waals surface area contributed by atoms with E-state index in [1.165, 1.54) is 23.6 Å². The van der Waals surface area contributed by atoms with Crippen molar-refractivity contribution in [2.24, 2.45) is 5.10 Å². The summed E-state index contributed by atoms with van der Waals surface area (Å²) in [5, 5.41) is 7.18. The van der Waals surface area contributed by atoms with Gasteiger partial charge in [0, 0.05) is 0 Å². The van der Waals surface area contributed by atoms with Crippen molar-refractivity contribution in [3.05, 3.63) is 81.0 Å². The molecule has 0 aliphatic carbocycles. The molecule has 2 amide bonds. The summed E-state index contributed by atoms with van der Waals surface area (Å²) in [4.78, 5) is 36.3. The Morgan fingerprint density at radius 3 is 2.52 bits per heavy atom. The van der Waals surface area contributed by atoms with Gasteiger partial charge in [-0.1, -0.05) is 29.8 Å². The third-order valence-corrected chi connectivity index (χ3v) is 5.10. The van der Waals surface area contributed by atoms with Crippen molar-refractivity contribution in [3.63, 3.8) is 0 Å². The van der Waals surface area contributed by atoms with Crippen LogP contribution in [-0.2, 0) is 15.8 Å². The van der Waals surface area contributed by atoms with Gasteiger partial charge in [0.2, 0.25) is 0 Å². The van der Waals surface area contributed by atoms with E-state index in [1.807, 2.05) is 10.7 Å². The van der Waals surface area contributed by atoms with E-state index in [9.17, 15) is 27.6 Å². The van der Waals surface area contributed by atoms with E-state index >= 15 is 0 Å². The highest BCUT2D eigenvalue weighted by atomic mass is 35.5. The van der Waals surface area contributed by atoms with Crippen LogP contribution in [0.2, 0.25) is 5.02 Å². The second kappa shape index (κ2) is 10.3. The fraction of sp³-hybridized carbons (Fsp3) is 0.0476. The monoisotopic (exact) mass is 495 g/mol. The highest BCUT2D eigenvalue weighted by Gasteiger charge is 2.31. The number of hydrazone groups is 1. The van der Waals surface area contributed by atoms with Crippen LogP contribution in [-0.4, -0.2) is 24.0 Å². The summed E-state index contributed by atoms with van der Waals surface area (Å²) in [5.41, 5.74) is 0.963. The summed E-state index contributed by atoms with van der Waals surface area (Å²) in [5.74, 6) is -2.80. The van der Waals surface area contributed by atoms with Crippen molar-refractivity contribution in [1.29, 1.82) is 0 Å². The summed E-state index contributed by atoms with van der Waals surface area (Å²) in [6, 6.07) is 11.8. The lowest BCUT2D eigenvalue weighted by molar-refractivity contribution is -0.137. The number of benzene rings is 2. The van der Waals surface area contributed by atoms with Gasteiger partial charge in [-0.2, -0.15) is 18.3 Å². The van der Waals surface area contributed by atoms with E-state index in [-0.39, 0.29) is 16.5 Å². The smallest absolute Gasteiger partial charge is 0.416 e. The standard InChI is InChI=1S/C21H13ClF3N3O4S/c22-15-7-6-13(21(23,24)25)10-16(15)27-18(29)19(30)28-26-11-12-3-1-4-14(9-12)32-20(31)17-5-2-8-33-17/h1-11H,(H,27,29)(H,28,30). The molecule has 2 aromatic carbocycles. The molecule has 7 nitrogen and oxygen atoms in total. The van der Waals surface area contributed by atoms with Gasteiger partial charge in [-0.15, -0.1) is 11.3 Å². The maximum Gasteiger partial charge on any atom is 0.416 e. The number of carbonyl (C=O) groups excluding carboxylic acids is 3. The Balaban J connectivity index is 1.59. The molecule has 1 heterocycles. The number of thiophene rings is 1. The van der Waals surface area contributed by atoms with Gasteiger partial charge >= 0.3 is 24.0 Å². The number of ether oxygens (including phenoxy) is 1. The zero-order valence-electron chi connectivity index (χ0n) is 16.4. The van der Waals surface area contributed by atoms with Crippen LogP contribution in [0.3, 0.4) is 0 Å². The molecule has 0 aliphatic heterocycles. The maximum atomic E-state index is 12.8. The van der Waals surface area contributed by atoms with Crippen LogP contribution >= 0.6 is 22.9 Å². The number of anilines is 1. The normalized spacial score (nSPS) is 11.3. The second-order valence-electron chi connectivity index (χ2n) is 6.28. The number of carbonyl (C=O) groups is 3. The molecule has 0 spiro atoms. The summed E-state index contributed by atoms with van der Waals surface area (Å²) in [6.45, 7) is 0. The largest absolute Gasteiger partial charge is 0.422 e. The predicted molar refractivity (Wildman–Crippen MR) is 117 cm³/mol. The Hall–Kier alpha value is -3.70. The molecule has 0 saturated carbocycles. The topological polar surface area (TPSA) is 96.9 Å². The van der Waals surface area contributed by atoms with E-state index in [1.54, 1.807) is 35.7 Å². The Morgan fingerprint density at radius 2 is 1.82 bits per heavy atom. The van der Waals surface area contributed by atoms with Crippen LogP contribution in [0.25, 0.3) is 0 Å². The summed E-state index contributed by atoms with van der Waals surface area (Å²) in [7, 11) is 0. The lowest BCUT2D eigenvalue weighted by Gasteiger charge is -2.11. The lowest BCUT2D eigenvalue weighted by atomic mass is 10.2. The molecular weight excluding hydrogens is 483 g/mol. The van der Waals surface area contributed by atoms with E-state index in [2.05, 4.69) is 5.10 Å². The number of nitrogens with zero attached hydrogens (tertiary/aromatic N) is 1. The van der Waals surface area contributed by atoms with E-state index < -0.39 is 29.5 Å². The highest BCUT2D eigenvalue weighted by molar-refractivity contribution is 7.12. The van der Waals surface area contributed by atoms with E-state index in [0.29, 0.717) is 16.5 Å². The Bertz CT molecular complexity index is 1210. The lowest BCUT2D eigenvalue weighted by Crippen LogP contribution is -2.32. The summed E-state index contributed by atoms with van der Waals surface area (Å²) < 4.78 is 43.7. The molecule has 1 aromatic heterocycles. The molecule has 170 valence electrons. The van der Waals surface area contributed by atoms with Gasteiger partial charge in [0.15, 0.2) is 0 Å². The van der Waals surface area contributed by atoms with Gasteiger partial charge in [0.05, 0.1) is 22.5 Å². The van der Waals surface area contributed by atoms with Crippen LogP contribution in [0.4, 0.5) is 18.9 Å². The number of esters is 1. The van der Waals surface area contributed by atoms with Gasteiger partial charge in [-0.25, -0.2) is 10.2 Å². The number of rotatable bonds is 5. The first-order valence-corrected chi connectivity index (χ1v) is 10.3. The molecule has 0 aliphatic rings. The SMILES string of the molecule is O=C(NN=Cc1cccc(OC(=O)c2cccs2)c1)C(=O)Nc1cc(C(F)(F)F)ccc1Cl. The van der Waals surface area contributed by atoms with Crippen molar-refractivity contribution < 1.29 is 32.3 Å². The van der Waals surface area contributed by atoms with Gasteiger partial charge in [0.1, 0.15) is 10.6 Å². The number of nitrogens with one attached hydrogen (secondary N) is 2. The molecule has 0 radical (unpaired) electrons. The fourth-order valence-corrected chi connectivity index (χ4v) is 3.17. The zero-order chi connectivity index (χ0) is 24.0. The Morgan fingerprint density at radius 1 is 1.03 bits per heavy atom. The van der Waals surface area contributed by atoms with Crippen molar-refractivity contribution in [1.82, 2.24) is 5.43 Å². The van der Waals surface area contributed by atoms with Crippen LogP contribution in [0, 0.1) is 0 Å². The molecule has 0 unspecified atom stereocenters. The predicted octanol–water partition coefficient (Wildman–Crippen LogP) is 4.73. The number of hydrogen-bond acceptors (Lipinski definition) is 6. The number of hydrogen-bond donors (Lipinski definition) is 2. The first-order valence-electron chi connectivity index (χ1n) is 9.00. The molecule has 0 fully saturated rings. The van der Waals surface area contributed by atoms with Gasteiger partial charge in [-0.05, 0) is 47.3 Å². The molecular formula is C21H13ClF3N3O4S. The average Bonchev–Trinajstić information content (AvgIpc) is 3.30. The van der Waals surface area contributed by atoms with Gasteiger partial charge in [0.25, 0.3) is 0 Å². The average molecular weight is 496 g/mol. The van der Waals surface area contributed by atoms with Gasteiger partial charge < -0.3 is 10.1 Å². The van der Waals surface area contributed by atoms with Crippen molar-refractivity contribution in [3.8, 4) is 5.75 Å². The summed E-state index contributed by atoms with van der Waals surface area (Å²) >= 11 is 7.01. The summed E-state index contributed by atoms with van der Waals surface area (Å²) in [6.07, 6.45) is -3.46. The Kier molecular flexibility index (Phi) is 7.46. The minimum Gasteiger partial charge on any atom is -0.422 e. The third-order valence-electron chi connectivity index (χ3n) is 3.92.